The van der Waals surface area contributed by atoms with E-state index >= 15 is 0 Å². The van der Waals surface area contributed by atoms with Crippen molar-refractivity contribution in [1.82, 2.24) is 0 Å². The molecule has 2 N–H and O–H groups in total. The van der Waals surface area contributed by atoms with Crippen LogP contribution in [-0.4, -0.2) is 17.2 Å². The van der Waals surface area contributed by atoms with Crippen LogP contribution in [-0.2, 0) is 0 Å². The fourth-order valence-electron chi connectivity index (χ4n) is 1.82. The Morgan fingerprint density at radius 1 is 1.17 bits per heavy atom. The van der Waals surface area contributed by atoms with Gasteiger partial charge in [-0.2, -0.15) is 0 Å². The van der Waals surface area contributed by atoms with Crippen LogP contribution < -0.4 is 0 Å². The molecule has 0 bridgehead atoms. The van der Waals surface area contributed by atoms with Crippen LogP contribution in [0.25, 0.3) is 0 Å². The molecule has 1 aliphatic carbocycles. The number of hydrogen-bond donors (Lipinski definition) is 2. The average molecular weight is 168 g/mol. The highest BCUT2D eigenvalue weighted by molar-refractivity contribution is 6.47. The quantitative estimate of drug-likeness (QED) is 0.627. The molecule has 0 aromatic rings. The maximum Gasteiger partial charge on any atom is 0.480 e. The fraction of sp³-hybridized carbons (Fsp3) is 0.778. The summed E-state index contributed by atoms with van der Waals surface area (Å²) in [5.74, 6) is 2.24. The summed E-state index contributed by atoms with van der Waals surface area (Å²) in [5.41, 5.74) is 0. The second-order valence-electron chi connectivity index (χ2n) is 3.58. The zero-order valence-corrected chi connectivity index (χ0v) is 7.45. The molecule has 0 heterocycles. The molecule has 3 heteroatoms. The largest absolute Gasteiger partial charge is 0.480 e. The Bertz CT molecular complexity index is 139. The Hall–Kier alpha value is -0.275. The first kappa shape index (κ1) is 9.81. The molecule has 1 rings (SSSR count). The molecule has 0 atom stereocenters. The van der Waals surface area contributed by atoms with Gasteiger partial charge in [0.2, 0.25) is 0 Å². The van der Waals surface area contributed by atoms with Gasteiger partial charge in [0.1, 0.15) is 0 Å². The van der Waals surface area contributed by atoms with Crippen molar-refractivity contribution in [3.63, 3.8) is 0 Å². The minimum atomic E-state index is -1.27. The van der Waals surface area contributed by atoms with Gasteiger partial charge in [-0.3, -0.25) is 0 Å². The van der Waals surface area contributed by atoms with Crippen molar-refractivity contribution in [2.45, 2.75) is 38.5 Å². The molecule has 2 nitrogen and oxygen atoms in total. The van der Waals surface area contributed by atoms with E-state index in [1.807, 2.05) is 6.08 Å². The molecule has 0 unspecified atom stereocenters. The highest BCUT2D eigenvalue weighted by Crippen LogP contribution is 2.26. The zero-order valence-electron chi connectivity index (χ0n) is 7.45. The van der Waals surface area contributed by atoms with Crippen LogP contribution in [0.5, 0.6) is 0 Å². The lowest BCUT2D eigenvalue weighted by molar-refractivity contribution is 0.361. The molecule has 0 amide bonds. The molecule has 0 saturated heterocycles. The summed E-state index contributed by atoms with van der Waals surface area (Å²) >= 11 is 0. The minimum Gasteiger partial charge on any atom is -0.424 e. The van der Waals surface area contributed by atoms with E-state index in [-0.39, 0.29) is 0 Å². The van der Waals surface area contributed by atoms with E-state index in [4.69, 9.17) is 10.0 Å². The topological polar surface area (TPSA) is 40.5 Å². The predicted octanol–water partition coefficient (Wildman–Crippen LogP) is 1.52. The van der Waals surface area contributed by atoms with Gasteiger partial charge in [0.15, 0.2) is 0 Å². The van der Waals surface area contributed by atoms with Gasteiger partial charge in [0.25, 0.3) is 0 Å². The van der Waals surface area contributed by atoms with Crippen molar-refractivity contribution in [3.8, 4) is 0 Å². The lowest BCUT2D eigenvalue weighted by atomic mass is 9.84. The molecule has 68 valence electrons. The Morgan fingerprint density at radius 3 is 2.42 bits per heavy atom. The lowest BCUT2D eigenvalue weighted by Crippen LogP contribution is -2.08. The first-order valence-electron chi connectivity index (χ1n) is 4.82. The Kier molecular flexibility index (Phi) is 4.40. The van der Waals surface area contributed by atoms with E-state index in [1.165, 1.54) is 38.1 Å². The summed E-state index contributed by atoms with van der Waals surface area (Å²) < 4.78 is 0. The smallest absolute Gasteiger partial charge is 0.424 e. The van der Waals surface area contributed by atoms with E-state index in [9.17, 15) is 0 Å². The van der Waals surface area contributed by atoms with E-state index in [0.29, 0.717) is 0 Å². The number of rotatable bonds is 3. The van der Waals surface area contributed by atoms with Crippen molar-refractivity contribution in [1.29, 1.82) is 0 Å². The van der Waals surface area contributed by atoms with E-state index in [1.54, 1.807) is 0 Å². The first-order chi connectivity index (χ1) is 5.79. The van der Waals surface area contributed by atoms with Crippen LogP contribution >= 0.6 is 0 Å². The summed E-state index contributed by atoms with van der Waals surface area (Å²) in [6.07, 6.45) is 9.60. The van der Waals surface area contributed by atoms with E-state index in [2.05, 4.69) is 0 Å². The molecule has 1 saturated carbocycles. The van der Waals surface area contributed by atoms with Gasteiger partial charge >= 0.3 is 7.12 Å². The molecule has 0 aliphatic heterocycles. The number of hydrogen-bond acceptors (Lipinski definition) is 2. The SMILES string of the molecule is OB(O)C=CCC1CCCCC1. The summed E-state index contributed by atoms with van der Waals surface area (Å²) in [6.45, 7) is 0. The summed E-state index contributed by atoms with van der Waals surface area (Å²) in [5, 5.41) is 17.1. The summed E-state index contributed by atoms with van der Waals surface area (Å²) in [6, 6.07) is 0. The number of allylic oxidation sites excluding steroid dienone is 1. The molecule has 0 radical (unpaired) electrons. The maximum atomic E-state index is 8.55. The Balaban J connectivity index is 2.12. The molecule has 0 spiro atoms. The highest BCUT2D eigenvalue weighted by atomic mass is 16.4. The monoisotopic (exact) mass is 168 g/mol. The lowest BCUT2D eigenvalue weighted by Gasteiger charge is -2.19. The third-order valence-corrected chi connectivity index (χ3v) is 2.50. The van der Waals surface area contributed by atoms with Gasteiger partial charge in [-0.05, 0) is 12.3 Å². The fourth-order valence-corrected chi connectivity index (χ4v) is 1.82. The molecule has 1 aliphatic rings. The van der Waals surface area contributed by atoms with Crippen LogP contribution in [0.1, 0.15) is 38.5 Å². The van der Waals surface area contributed by atoms with Gasteiger partial charge in [-0.25, -0.2) is 0 Å². The summed E-state index contributed by atoms with van der Waals surface area (Å²) in [7, 11) is -1.27. The van der Waals surface area contributed by atoms with Gasteiger partial charge in [0, 0.05) is 0 Å². The van der Waals surface area contributed by atoms with Crippen LogP contribution in [0, 0.1) is 5.92 Å². The normalized spacial score (nSPS) is 20.2. The molecular formula is C9H17BO2. The second-order valence-corrected chi connectivity index (χ2v) is 3.58. The third-order valence-electron chi connectivity index (χ3n) is 2.50. The van der Waals surface area contributed by atoms with Crippen molar-refractivity contribution in [2.75, 3.05) is 0 Å². The Morgan fingerprint density at radius 2 is 1.83 bits per heavy atom. The van der Waals surface area contributed by atoms with Crippen molar-refractivity contribution in [2.24, 2.45) is 5.92 Å². The van der Waals surface area contributed by atoms with Crippen molar-refractivity contribution in [3.05, 3.63) is 12.1 Å². The molecule has 0 aromatic carbocycles. The maximum absolute atomic E-state index is 8.55. The Labute approximate surface area is 74.4 Å². The van der Waals surface area contributed by atoms with Gasteiger partial charge in [-0.15, -0.1) is 0 Å². The van der Waals surface area contributed by atoms with Gasteiger partial charge in [0.05, 0.1) is 0 Å². The van der Waals surface area contributed by atoms with Crippen molar-refractivity contribution >= 4 is 7.12 Å². The van der Waals surface area contributed by atoms with E-state index < -0.39 is 7.12 Å². The van der Waals surface area contributed by atoms with Gasteiger partial charge < -0.3 is 10.0 Å². The zero-order chi connectivity index (χ0) is 8.81. The van der Waals surface area contributed by atoms with Crippen LogP contribution in [0.15, 0.2) is 12.1 Å². The first-order valence-corrected chi connectivity index (χ1v) is 4.82. The predicted molar refractivity (Wildman–Crippen MR) is 50.5 cm³/mol. The van der Waals surface area contributed by atoms with Crippen LogP contribution in [0.2, 0.25) is 0 Å². The summed E-state index contributed by atoms with van der Waals surface area (Å²) in [4.78, 5) is 0. The molecule has 12 heavy (non-hydrogen) atoms. The van der Waals surface area contributed by atoms with E-state index in [0.717, 1.165) is 12.3 Å². The standard InChI is InChI=1S/C9H17BO2/c11-10(12)8-4-7-9-5-2-1-3-6-9/h4,8-9,11-12H,1-3,5-7H2. The van der Waals surface area contributed by atoms with Crippen LogP contribution in [0.4, 0.5) is 0 Å². The van der Waals surface area contributed by atoms with Crippen LogP contribution in [0.3, 0.4) is 0 Å². The molecule has 1 fully saturated rings. The molecular weight excluding hydrogens is 151 g/mol. The van der Waals surface area contributed by atoms with Crippen molar-refractivity contribution < 1.29 is 10.0 Å². The average Bonchev–Trinajstić information content (AvgIpc) is 2.05. The highest BCUT2D eigenvalue weighted by Gasteiger charge is 2.11. The third kappa shape index (κ3) is 3.93. The second kappa shape index (κ2) is 5.38. The molecule has 0 aromatic heterocycles. The van der Waals surface area contributed by atoms with Gasteiger partial charge in [-0.1, -0.05) is 44.2 Å². The minimum absolute atomic E-state index is 0.786.